The Morgan fingerprint density at radius 1 is 1.08 bits per heavy atom. The number of rotatable bonds is 2. The summed E-state index contributed by atoms with van der Waals surface area (Å²) in [5.41, 5.74) is 0. The van der Waals surface area contributed by atoms with Gasteiger partial charge in [0.15, 0.2) is 0 Å². The molecule has 1 heterocycles. The minimum atomic E-state index is -0.117. The van der Waals surface area contributed by atoms with Crippen LogP contribution in [0.25, 0.3) is 0 Å². The molecule has 76 valence electrons. The zero-order valence-electron chi connectivity index (χ0n) is 8.27. The average molecular weight is 185 g/mol. The summed E-state index contributed by atoms with van der Waals surface area (Å²) < 4.78 is 12.7. The molecule has 2 aliphatic rings. The molecule has 0 aromatic heterocycles. The molecule has 2 unspecified atom stereocenters. The van der Waals surface area contributed by atoms with Crippen LogP contribution in [0, 0.1) is 17.8 Å². The second-order valence-corrected chi connectivity index (χ2v) is 4.63. The average Bonchev–Trinajstić information content (AvgIpc) is 2.67. The van der Waals surface area contributed by atoms with E-state index < -0.39 is 0 Å². The standard InChI is InChI=1S/C11H20FN/c12-6-10-7-13-8-11(10)9-4-2-1-3-5-9/h9-11,13H,1-8H2. The molecule has 2 heteroatoms. The predicted octanol–water partition coefficient (Wildman–Crippen LogP) is 2.37. The first-order valence-electron chi connectivity index (χ1n) is 5.68. The Morgan fingerprint density at radius 2 is 1.85 bits per heavy atom. The van der Waals surface area contributed by atoms with Crippen LogP contribution in [-0.2, 0) is 0 Å². The van der Waals surface area contributed by atoms with Crippen LogP contribution in [0.5, 0.6) is 0 Å². The van der Waals surface area contributed by atoms with Crippen LogP contribution in [0.1, 0.15) is 32.1 Å². The highest BCUT2D eigenvalue weighted by Crippen LogP contribution is 2.35. The van der Waals surface area contributed by atoms with Crippen LogP contribution in [0.15, 0.2) is 0 Å². The lowest BCUT2D eigenvalue weighted by Gasteiger charge is -2.29. The maximum Gasteiger partial charge on any atom is 0.0937 e. The zero-order valence-corrected chi connectivity index (χ0v) is 8.27. The molecule has 2 fully saturated rings. The molecule has 1 saturated heterocycles. The van der Waals surface area contributed by atoms with Crippen molar-refractivity contribution in [2.75, 3.05) is 19.8 Å². The van der Waals surface area contributed by atoms with Gasteiger partial charge in [-0.1, -0.05) is 32.1 Å². The van der Waals surface area contributed by atoms with Crippen molar-refractivity contribution in [3.63, 3.8) is 0 Å². The molecule has 0 aromatic carbocycles. The van der Waals surface area contributed by atoms with E-state index in [2.05, 4.69) is 5.32 Å². The minimum absolute atomic E-state index is 0.117. The van der Waals surface area contributed by atoms with E-state index in [-0.39, 0.29) is 6.67 Å². The van der Waals surface area contributed by atoms with Crippen molar-refractivity contribution < 1.29 is 4.39 Å². The lowest BCUT2D eigenvalue weighted by atomic mass is 9.76. The Morgan fingerprint density at radius 3 is 2.54 bits per heavy atom. The first-order valence-corrected chi connectivity index (χ1v) is 5.68. The van der Waals surface area contributed by atoms with Crippen molar-refractivity contribution in [3.05, 3.63) is 0 Å². The van der Waals surface area contributed by atoms with E-state index in [4.69, 9.17) is 0 Å². The summed E-state index contributed by atoms with van der Waals surface area (Å²) in [6, 6.07) is 0. The Balaban J connectivity index is 1.90. The molecule has 0 amide bonds. The van der Waals surface area contributed by atoms with Gasteiger partial charge in [-0.3, -0.25) is 4.39 Å². The summed E-state index contributed by atoms with van der Waals surface area (Å²) in [5.74, 6) is 1.79. The fourth-order valence-electron chi connectivity index (χ4n) is 3.04. The normalized spacial score (nSPS) is 36.7. The summed E-state index contributed by atoms with van der Waals surface area (Å²) in [5, 5.41) is 3.33. The summed E-state index contributed by atoms with van der Waals surface area (Å²) in [6.45, 7) is 1.87. The van der Waals surface area contributed by atoms with E-state index >= 15 is 0 Å². The molecule has 13 heavy (non-hydrogen) atoms. The largest absolute Gasteiger partial charge is 0.316 e. The van der Waals surface area contributed by atoms with Gasteiger partial charge in [-0.25, -0.2) is 0 Å². The first kappa shape index (κ1) is 9.45. The summed E-state index contributed by atoms with van der Waals surface area (Å²) in [4.78, 5) is 0. The van der Waals surface area contributed by atoms with E-state index in [1.807, 2.05) is 0 Å². The topological polar surface area (TPSA) is 12.0 Å². The third-order valence-electron chi connectivity index (χ3n) is 3.85. The van der Waals surface area contributed by atoms with Gasteiger partial charge in [0.25, 0.3) is 0 Å². The van der Waals surface area contributed by atoms with E-state index in [9.17, 15) is 4.39 Å². The van der Waals surface area contributed by atoms with Crippen molar-refractivity contribution in [1.82, 2.24) is 5.32 Å². The van der Waals surface area contributed by atoms with Gasteiger partial charge in [0.1, 0.15) is 0 Å². The van der Waals surface area contributed by atoms with Crippen molar-refractivity contribution in [1.29, 1.82) is 0 Å². The highest BCUT2D eigenvalue weighted by atomic mass is 19.1. The third-order valence-corrected chi connectivity index (χ3v) is 3.85. The van der Waals surface area contributed by atoms with Gasteiger partial charge >= 0.3 is 0 Å². The minimum Gasteiger partial charge on any atom is -0.316 e. The Kier molecular flexibility index (Phi) is 3.20. The highest BCUT2D eigenvalue weighted by Gasteiger charge is 2.33. The molecule has 0 aromatic rings. The number of halogens is 1. The quantitative estimate of drug-likeness (QED) is 0.696. The van der Waals surface area contributed by atoms with E-state index in [1.165, 1.54) is 32.1 Å². The maximum absolute atomic E-state index is 12.7. The van der Waals surface area contributed by atoms with Crippen LogP contribution in [0.4, 0.5) is 4.39 Å². The van der Waals surface area contributed by atoms with Crippen LogP contribution >= 0.6 is 0 Å². The molecule has 1 aliphatic carbocycles. The lowest BCUT2D eigenvalue weighted by Crippen LogP contribution is -2.25. The second kappa shape index (κ2) is 4.41. The van der Waals surface area contributed by atoms with Gasteiger partial charge < -0.3 is 5.32 Å². The number of hydrogen-bond acceptors (Lipinski definition) is 1. The number of alkyl halides is 1. The Hall–Kier alpha value is -0.110. The first-order chi connectivity index (χ1) is 6.42. The zero-order chi connectivity index (χ0) is 9.10. The van der Waals surface area contributed by atoms with Gasteiger partial charge in [0.05, 0.1) is 6.67 Å². The molecule has 0 spiro atoms. The SMILES string of the molecule is FCC1CNCC1C1CCCCC1. The van der Waals surface area contributed by atoms with Crippen molar-refractivity contribution in [2.24, 2.45) is 17.8 Å². The van der Waals surface area contributed by atoms with Crippen LogP contribution in [0.3, 0.4) is 0 Å². The highest BCUT2D eigenvalue weighted by molar-refractivity contribution is 4.86. The number of nitrogens with one attached hydrogen (secondary N) is 1. The Labute approximate surface area is 80.1 Å². The molecule has 0 bridgehead atoms. The number of hydrogen-bond donors (Lipinski definition) is 1. The van der Waals surface area contributed by atoms with Gasteiger partial charge in [0.2, 0.25) is 0 Å². The molecule has 1 aliphatic heterocycles. The van der Waals surface area contributed by atoms with Gasteiger partial charge in [-0.15, -0.1) is 0 Å². The van der Waals surface area contributed by atoms with Crippen LogP contribution in [-0.4, -0.2) is 19.8 Å². The summed E-state index contributed by atoms with van der Waals surface area (Å²) in [6.07, 6.45) is 6.85. The van der Waals surface area contributed by atoms with Crippen LogP contribution in [0.2, 0.25) is 0 Å². The molecular weight excluding hydrogens is 165 g/mol. The van der Waals surface area contributed by atoms with Crippen molar-refractivity contribution in [3.8, 4) is 0 Å². The smallest absolute Gasteiger partial charge is 0.0937 e. The molecular formula is C11H20FN. The summed E-state index contributed by atoms with van der Waals surface area (Å²) in [7, 11) is 0. The monoisotopic (exact) mass is 185 g/mol. The third kappa shape index (κ3) is 2.04. The van der Waals surface area contributed by atoms with E-state index in [1.54, 1.807) is 0 Å². The van der Waals surface area contributed by atoms with Gasteiger partial charge in [-0.05, 0) is 18.4 Å². The predicted molar refractivity (Wildman–Crippen MR) is 52.4 cm³/mol. The fraction of sp³-hybridized carbons (Fsp3) is 1.00. The van der Waals surface area contributed by atoms with E-state index in [0.717, 1.165) is 19.0 Å². The van der Waals surface area contributed by atoms with Crippen LogP contribution < -0.4 is 5.32 Å². The summed E-state index contributed by atoms with van der Waals surface area (Å²) >= 11 is 0. The molecule has 1 saturated carbocycles. The molecule has 2 rings (SSSR count). The lowest BCUT2D eigenvalue weighted by molar-refractivity contribution is 0.193. The fourth-order valence-corrected chi connectivity index (χ4v) is 3.04. The Bertz CT molecular complexity index is 154. The van der Waals surface area contributed by atoms with Crippen molar-refractivity contribution >= 4 is 0 Å². The van der Waals surface area contributed by atoms with Gasteiger partial charge in [0, 0.05) is 12.5 Å². The molecule has 2 atom stereocenters. The van der Waals surface area contributed by atoms with Gasteiger partial charge in [-0.2, -0.15) is 0 Å². The molecule has 0 radical (unpaired) electrons. The maximum atomic E-state index is 12.7. The second-order valence-electron chi connectivity index (χ2n) is 4.63. The molecule has 1 nitrogen and oxygen atoms in total. The van der Waals surface area contributed by atoms with E-state index in [0.29, 0.717) is 11.8 Å². The van der Waals surface area contributed by atoms with Crippen molar-refractivity contribution in [2.45, 2.75) is 32.1 Å². The molecule has 1 N–H and O–H groups in total.